The summed E-state index contributed by atoms with van der Waals surface area (Å²) in [6, 6.07) is 19.7. The fraction of sp³-hybridized carbons (Fsp3) is 0.0500. The molecule has 2 aromatic carbocycles. The van der Waals surface area contributed by atoms with Crippen molar-refractivity contribution >= 4 is 17.5 Å². The van der Waals surface area contributed by atoms with Crippen LogP contribution in [0.1, 0.15) is 26.3 Å². The van der Waals surface area contributed by atoms with Crippen LogP contribution in [0.25, 0.3) is 0 Å². The molecule has 0 radical (unpaired) electrons. The average Bonchev–Trinajstić information content (AvgIpc) is 2.68. The molecule has 0 saturated carbocycles. The Balaban J connectivity index is 1.69. The molecule has 25 heavy (non-hydrogen) atoms. The van der Waals surface area contributed by atoms with Crippen molar-refractivity contribution in [2.45, 2.75) is 6.54 Å². The molecule has 0 aliphatic heterocycles. The Morgan fingerprint density at radius 1 is 0.760 bits per heavy atom. The second-order valence-corrected chi connectivity index (χ2v) is 5.40. The molecule has 2 amide bonds. The summed E-state index contributed by atoms with van der Waals surface area (Å²) in [6.07, 6.45) is 3.14. The SMILES string of the molecule is O=C(NCc1ccccc1NC(=O)c1ccccc1)c1ccncc1. The second kappa shape index (κ2) is 7.88. The zero-order valence-electron chi connectivity index (χ0n) is 13.5. The molecule has 124 valence electrons. The van der Waals surface area contributed by atoms with Gasteiger partial charge in [0.2, 0.25) is 0 Å². The Hall–Kier alpha value is -3.47. The summed E-state index contributed by atoms with van der Waals surface area (Å²) in [5, 5.41) is 5.74. The quantitative estimate of drug-likeness (QED) is 0.754. The van der Waals surface area contributed by atoms with Crippen molar-refractivity contribution in [1.29, 1.82) is 0 Å². The van der Waals surface area contributed by atoms with E-state index in [1.165, 1.54) is 0 Å². The number of anilines is 1. The monoisotopic (exact) mass is 331 g/mol. The number of nitrogens with zero attached hydrogens (tertiary/aromatic N) is 1. The lowest BCUT2D eigenvalue weighted by Gasteiger charge is -2.12. The van der Waals surface area contributed by atoms with Crippen molar-refractivity contribution in [3.8, 4) is 0 Å². The number of hydrogen-bond donors (Lipinski definition) is 2. The minimum atomic E-state index is -0.188. The van der Waals surface area contributed by atoms with Crippen molar-refractivity contribution < 1.29 is 9.59 Å². The van der Waals surface area contributed by atoms with Gasteiger partial charge in [-0.3, -0.25) is 14.6 Å². The number of carbonyl (C=O) groups excluding carboxylic acids is 2. The number of para-hydroxylation sites is 1. The van der Waals surface area contributed by atoms with Gasteiger partial charge in [-0.25, -0.2) is 0 Å². The first kappa shape index (κ1) is 16.4. The van der Waals surface area contributed by atoms with E-state index >= 15 is 0 Å². The first-order chi connectivity index (χ1) is 12.2. The number of carbonyl (C=O) groups is 2. The van der Waals surface area contributed by atoms with E-state index in [-0.39, 0.29) is 11.8 Å². The van der Waals surface area contributed by atoms with Crippen LogP contribution in [0.5, 0.6) is 0 Å². The van der Waals surface area contributed by atoms with E-state index < -0.39 is 0 Å². The normalized spacial score (nSPS) is 10.1. The number of rotatable bonds is 5. The molecule has 1 heterocycles. The lowest BCUT2D eigenvalue weighted by molar-refractivity contribution is 0.0950. The van der Waals surface area contributed by atoms with E-state index in [0.29, 0.717) is 23.4 Å². The minimum absolute atomic E-state index is 0.187. The molecule has 2 N–H and O–H groups in total. The molecule has 0 bridgehead atoms. The van der Waals surface area contributed by atoms with Crippen LogP contribution in [-0.2, 0) is 6.54 Å². The van der Waals surface area contributed by atoms with Crippen molar-refractivity contribution in [2.75, 3.05) is 5.32 Å². The molecule has 0 fully saturated rings. The van der Waals surface area contributed by atoms with Crippen LogP contribution in [0.3, 0.4) is 0 Å². The van der Waals surface area contributed by atoms with Gasteiger partial charge in [0.05, 0.1) is 0 Å². The number of amides is 2. The van der Waals surface area contributed by atoms with Gasteiger partial charge in [0, 0.05) is 35.8 Å². The predicted molar refractivity (Wildman–Crippen MR) is 96.2 cm³/mol. The molecule has 0 unspecified atom stereocenters. The van der Waals surface area contributed by atoms with Gasteiger partial charge in [-0.1, -0.05) is 36.4 Å². The Kier molecular flexibility index (Phi) is 5.16. The van der Waals surface area contributed by atoms with Gasteiger partial charge in [-0.15, -0.1) is 0 Å². The number of benzene rings is 2. The smallest absolute Gasteiger partial charge is 0.255 e. The van der Waals surface area contributed by atoms with E-state index in [2.05, 4.69) is 15.6 Å². The highest BCUT2D eigenvalue weighted by molar-refractivity contribution is 6.04. The predicted octanol–water partition coefficient (Wildman–Crippen LogP) is 3.26. The maximum absolute atomic E-state index is 12.3. The number of pyridine rings is 1. The highest BCUT2D eigenvalue weighted by atomic mass is 16.2. The van der Waals surface area contributed by atoms with E-state index in [4.69, 9.17) is 0 Å². The Bertz CT molecular complexity index is 864. The Morgan fingerprint density at radius 2 is 1.40 bits per heavy atom. The number of hydrogen-bond acceptors (Lipinski definition) is 3. The third kappa shape index (κ3) is 4.29. The summed E-state index contributed by atoms with van der Waals surface area (Å²) in [5.41, 5.74) is 2.62. The molecular weight excluding hydrogens is 314 g/mol. The lowest BCUT2D eigenvalue weighted by Crippen LogP contribution is -2.23. The standard InChI is InChI=1S/C20H17N3O2/c24-19(16-10-12-21-13-11-16)22-14-17-8-4-5-9-18(17)23-20(25)15-6-2-1-3-7-15/h1-13H,14H2,(H,22,24)(H,23,25). The summed E-state index contributed by atoms with van der Waals surface area (Å²) >= 11 is 0. The molecular formula is C20H17N3O2. The molecule has 0 atom stereocenters. The van der Waals surface area contributed by atoms with Crippen LogP contribution in [0, 0.1) is 0 Å². The van der Waals surface area contributed by atoms with Crippen molar-refractivity contribution in [3.05, 3.63) is 95.8 Å². The van der Waals surface area contributed by atoms with Gasteiger partial charge in [0.1, 0.15) is 0 Å². The minimum Gasteiger partial charge on any atom is -0.348 e. The highest BCUT2D eigenvalue weighted by Gasteiger charge is 2.10. The maximum Gasteiger partial charge on any atom is 0.255 e. The van der Waals surface area contributed by atoms with Gasteiger partial charge >= 0.3 is 0 Å². The van der Waals surface area contributed by atoms with Crippen molar-refractivity contribution in [1.82, 2.24) is 10.3 Å². The number of nitrogens with one attached hydrogen (secondary N) is 2. The first-order valence-corrected chi connectivity index (χ1v) is 7.86. The van der Waals surface area contributed by atoms with Crippen LogP contribution in [-0.4, -0.2) is 16.8 Å². The maximum atomic E-state index is 12.3. The summed E-state index contributed by atoms with van der Waals surface area (Å²) in [5.74, 6) is -0.375. The molecule has 0 aliphatic rings. The van der Waals surface area contributed by atoms with Crippen molar-refractivity contribution in [2.24, 2.45) is 0 Å². The van der Waals surface area contributed by atoms with Gasteiger partial charge in [0.25, 0.3) is 11.8 Å². The molecule has 3 aromatic rings. The molecule has 0 aliphatic carbocycles. The summed E-state index contributed by atoms with van der Waals surface area (Å²) in [7, 11) is 0. The molecule has 1 aromatic heterocycles. The largest absolute Gasteiger partial charge is 0.348 e. The molecule has 5 nitrogen and oxygen atoms in total. The molecule has 0 spiro atoms. The lowest BCUT2D eigenvalue weighted by atomic mass is 10.1. The Labute approximate surface area is 145 Å². The van der Waals surface area contributed by atoms with Crippen molar-refractivity contribution in [3.63, 3.8) is 0 Å². The van der Waals surface area contributed by atoms with Gasteiger partial charge < -0.3 is 10.6 Å². The molecule has 0 saturated heterocycles. The fourth-order valence-electron chi connectivity index (χ4n) is 2.36. The van der Waals surface area contributed by atoms with Crippen LogP contribution in [0.2, 0.25) is 0 Å². The van der Waals surface area contributed by atoms with E-state index in [9.17, 15) is 9.59 Å². The third-order valence-electron chi connectivity index (χ3n) is 3.68. The zero-order valence-corrected chi connectivity index (χ0v) is 13.5. The number of aromatic nitrogens is 1. The second-order valence-electron chi connectivity index (χ2n) is 5.40. The Morgan fingerprint density at radius 3 is 2.16 bits per heavy atom. The van der Waals surface area contributed by atoms with Gasteiger partial charge in [0.15, 0.2) is 0 Å². The highest BCUT2D eigenvalue weighted by Crippen LogP contribution is 2.16. The van der Waals surface area contributed by atoms with E-state index in [0.717, 1.165) is 5.56 Å². The topological polar surface area (TPSA) is 71.1 Å². The van der Waals surface area contributed by atoms with E-state index in [1.807, 2.05) is 42.5 Å². The van der Waals surface area contributed by atoms with Gasteiger partial charge in [-0.2, -0.15) is 0 Å². The zero-order chi connectivity index (χ0) is 17.5. The summed E-state index contributed by atoms with van der Waals surface area (Å²) in [6.45, 7) is 0.312. The van der Waals surface area contributed by atoms with Crippen LogP contribution < -0.4 is 10.6 Å². The molecule has 5 heteroatoms. The van der Waals surface area contributed by atoms with Crippen LogP contribution in [0.4, 0.5) is 5.69 Å². The van der Waals surface area contributed by atoms with Crippen LogP contribution >= 0.6 is 0 Å². The van der Waals surface area contributed by atoms with Gasteiger partial charge in [-0.05, 0) is 35.9 Å². The first-order valence-electron chi connectivity index (χ1n) is 7.86. The average molecular weight is 331 g/mol. The van der Waals surface area contributed by atoms with Crippen LogP contribution in [0.15, 0.2) is 79.1 Å². The third-order valence-corrected chi connectivity index (χ3v) is 3.68. The summed E-state index contributed by atoms with van der Waals surface area (Å²) in [4.78, 5) is 28.4. The summed E-state index contributed by atoms with van der Waals surface area (Å²) < 4.78 is 0. The van der Waals surface area contributed by atoms with E-state index in [1.54, 1.807) is 36.7 Å². The molecule has 3 rings (SSSR count). The fourth-order valence-corrected chi connectivity index (χ4v) is 2.36.